The maximum Gasteiger partial charge on any atom is 0.251 e. The number of methoxy groups -OCH3 is 1. The number of rotatable bonds is 11. The minimum atomic E-state index is -0.547. The summed E-state index contributed by atoms with van der Waals surface area (Å²) in [4.78, 5) is 24.2. The maximum atomic E-state index is 12.6. The monoisotopic (exact) mass is 418 g/mol. The van der Waals surface area contributed by atoms with E-state index in [2.05, 4.69) is 5.32 Å². The van der Waals surface area contributed by atoms with E-state index in [0.717, 1.165) is 0 Å². The smallest absolute Gasteiger partial charge is 0.251 e. The Morgan fingerprint density at radius 1 is 1.10 bits per heavy atom. The van der Waals surface area contributed by atoms with Crippen LogP contribution < -0.4 is 15.5 Å². The second kappa shape index (κ2) is 11.8. The van der Waals surface area contributed by atoms with E-state index in [-0.39, 0.29) is 31.5 Å². The van der Waals surface area contributed by atoms with Gasteiger partial charge in [0.2, 0.25) is 5.91 Å². The van der Waals surface area contributed by atoms with Gasteiger partial charge in [0, 0.05) is 24.7 Å². The highest BCUT2D eigenvalue weighted by Gasteiger charge is 2.21. The molecule has 0 spiro atoms. The van der Waals surface area contributed by atoms with Gasteiger partial charge in [-0.2, -0.15) is 0 Å². The van der Waals surface area contributed by atoms with Crippen molar-refractivity contribution in [1.82, 2.24) is 10.8 Å². The lowest BCUT2D eigenvalue weighted by atomic mass is 10.0. The lowest BCUT2D eigenvalue weighted by Crippen LogP contribution is -2.41. The van der Waals surface area contributed by atoms with Gasteiger partial charge in [0.05, 0.1) is 12.6 Å². The Morgan fingerprint density at radius 2 is 1.83 bits per heavy atom. The van der Waals surface area contributed by atoms with Crippen LogP contribution in [0, 0.1) is 5.92 Å². The number of benzene rings is 2. The third-order valence-corrected chi connectivity index (χ3v) is 4.22. The minimum absolute atomic E-state index is 0.0496. The lowest BCUT2D eigenvalue weighted by molar-refractivity contribution is -0.133. The standard InChI is InChI=1S/C21H26N2O7/c1-14(20(25)23-27)10-16(12-29-13-28-2)22-21(26)15-6-8-18(9-7-15)30-19-5-3-4-17(24)11-19/h3-9,11,14,16,24,27H,10,12-13H2,1-2H3,(H,22,26)(H,23,25)/t14-,16-/m0/s1. The van der Waals surface area contributed by atoms with Crippen LogP contribution in [0.15, 0.2) is 48.5 Å². The maximum absolute atomic E-state index is 12.6. The molecule has 0 aliphatic heterocycles. The second-order valence-corrected chi connectivity index (χ2v) is 6.68. The summed E-state index contributed by atoms with van der Waals surface area (Å²) in [7, 11) is 1.48. The van der Waals surface area contributed by atoms with E-state index in [1.54, 1.807) is 48.8 Å². The van der Waals surface area contributed by atoms with Gasteiger partial charge in [-0.05, 0) is 42.8 Å². The van der Waals surface area contributed by atoms with Crippen molar-refractivity contribution in [2.24, 2.45) is 5.92 Å². The van der Waals surface area contributed by atoms with E-state index in [0.29, 0.717) is 17.1 Å². The summed E-state index contributed by atoms with van der Waals surface area (Å²) >= 11 is 0. The molecule has 9 nitrogen and oxygen atoms in total. The van der Waals surface area contributed by atoms with E-state index < -0.39 is 17.9 Å². The van der Waals surface area contributed by atoms with Crippen LogP contribution in [-0.4, -0.2) is 48.7 Å². The van der Waals surface area contributed by atoms with E-state index in [1.165, 1.54) is 19.2 Å². The van der Waals surface area contributed by atoms with Gasteiger partial charge in [-0.25, -0.2) is 5.48 Å². The Kier molecular flexibility index (Phi) is 9.07. The molecule has 9 heteroatoms. The van der Waals surface area contributed by atoms with Crippen LogP contribution in [0.1, 0.15) is 23.7 Å². The molecular formula is C21H26N2O7. The number of nitrogens with one attached hydrogen (secondary N) is 2. The van der Waals surface area contributed by atoms with E-state index in [4.69, 9.17) is 19.4 Å². The first-order valence-corrected chi connectivity index (χ1v) is 9.31. The van der Waals surface area contributed by atoms with Crippen molar-refractivity contribution in [3.8, 4) is 17.2 Å². The summed E-state index contributed by atoms with van der Waals surface area (Å²) in [6.07, 6.45) is 0.264. The van der Waals surface area contributed by atoms with E-state index in [1.807, 2.05) is 0 Å². The average Bonchev–Trinajstić information content (AvgIpc) is 2.73. The van der Waals surface area contributed by atoms with Gasteiger partial charge < -0.3 is 24.6 Å². The largest absolute Gasteiger partial charge is 0.508 e. The van der Waals surface area contributed by atoms with Crippen LogP contribution in [0.2, 0.25) is 0 Å². The van der Waals surface area contributed by atoms with Crippen LogP contribution in [0.4, 0.5) is 0 Å². The van der Waals surface area contributed by atoms with Crippen molar-refractivity contribution in [3.63, 3.8) is 0 Å². The molecule has 0 aromatic heterocycles. The molecule has 0 heterocycles. The summed E-state index contributed by atoms with van der Waals surface area (Å²) < 4.78 is 15.8. The summed E-state index contributed by atoms with van der Waals surface area (Å²) in [5.74, 6) is -0.362. The number of hydrogen-bond acceptors (Lipinski definition) is 7. The fraction of sp³-hybridized carbons (Fsp3) is 0.333. The Labute approximate surface area is 174 Å². The highest BCUT2D eigenvalue weighted by Crippen LogP contribution is 2.24. The highest BCUT2D eigenvalue weighted by molar-refractivity contribution is 5.94. The third-order valence-electron chi connectivity index (χ3n) is 4.22. The Balaban J connectivity index is 2.00. The van der Waals surface area contributed by atoms with Crippen molar-refractivity contribution in [1.29, 1.82) is 0 Å². The van der Waals surface area contributed by atoms with Crippen molar-refractivity contribution >= 4 is 11.8 Å². The molecule has 0 fully saturated rings. The molecule has 162 valence electrons. The predicted molar refractivity (Wildman–Crippen MR) is 107 cm³/mol. The fourth-order valence-electron chi connectivity index (χ4n) is 2.71. The van der Waals surface area contributed by atoms with Gasteiger partial charge in [0.25, 0.3) is 5.91 Å². The van der Waals surface area contributed by atoms with Crippen molar-refractivity contribution in [2.75, 3.05) is 20.5 Å². The number of aromatic hydroxyl groups is 1. The zero-order valence-electron chi connectivity index (χ0n) is 16.8. The molecule has 2 atom stereocenters. The molecule has 0 saturated heterocycles. The molecular weight excluding hydrogens is 392 g/mol. The number of phenolic OH excluding ortho intramolecular Hbond substituents is 1. The molecule has 0 aliphatic rings. The first kappa shape index (κ1) is 23.1. The first-order valence-electron chi connectivity index (χ1n) is 9.31. The molecule has 0 radical (unpaired) electrons. The Bertz CT molecular complexity index is 826. The number of phenols is 1. The van der Waals surface area contributed by atoms with Gasteiger partial charge in [-0.1, -0.05) is 13.0 Å². The number of carbonyl (C=O) groups excluding carboxylic acids is 2. The van der Waals surface area contributed by atoms with Gasteiger partial charge in [0.15, 0.2) is 0 Å². The van der Waals surface area contributed by atoms with Crippen molar-refractivity contribution in [3.05, 3.63) is 54.1 Å². The van der Waals surface area contributed by atoms with Crippen LogP contribution in [-0.2, 0) is 14.3 Å². The van der Waals surface area contributed by atoms with Crippen LogP contribution >= 0.6 is 0 Å². The van der Waals surface area contributed by atoms with Gasteiger partial charge in [-0.15, -0.1) is 0 Å². The SMILES string of the molecule is COCOC[C@H](C[C@H](C)C(=O)NO)NC(=O)c1ccc(Oc2cccc(O)c2)cc1. The summed E-state index contributed by atoms with van der Waals surface area (Å²) in [5, 5.41) is 21.1. The molecule has 2 amide bonds. The molecule has 0 unspecified atom stereocenters. The van der Waals surface area contributed by atoms with Gasteiger partial charge >= 0.3 is 0 Å². The highest BCUT2D eigenvalue weighted by atomic mass is 16.7. The molecule has 2 aromatic carbocycles. The zero-order valence-corrected chi connectivity index (χ0v) is 16.8. The van der Waals surface area contributed by atoms with Gasteiger partial charge in [0.1, 0.15) is 24.0 Å². The van der Waals surface area contributed by atoms with Crippen molar-refractivity contribution < 1.29 is 34.1 Å². The summed E-state index contributed by atoms with van der Waals surface area (Å²) in [5.41, 5.74) is 2.00. The molecule has 2 aromatic rings. The summed E-state index contributed by atoms with van der Waals surface area (Å²) in [6.45, 7) is 1.82. The Hall–Kier alpha value is -3.14. The molecule has 2 rings (SSSR count). The number of hydroxylamine groups is 1. The van der Waals surface area contributed by atoms with Crippen molar-refractivity contribution in [2.45, 2.75) is 19.4 Å². The molecule has 4 N–H and O–H groups in total. The second-order valence-electron chi connectivity index (χ2n) is 6.68. The average molecular weight is 418 g/mol. The molecule has 30 heavy (non-hydrogen) atoms. The van der Waals surface area contributed by atoms with E-state index >= 15 is 0 Å². The molecule has 0 bridgehead atoms. The minimum Gasteiger partial charge on any atom is -0.508 e. The van der Waals surface area contributed by atoms with Crippen LogP contribution in [0.3, 0.4) is 0 Å². The summed E-state index contributed by atoms with van der Waals surface area (Å²) in [6, 6.07) is 12.4. The number of amides is 2. The predicted octanol–water partition coefficient (Wildman–Crippen LogP) is 2.44. The quantitative estimate of drug-likeness (QED) is 0.191. The first-order chi connectivity index (χ1) is 14.4. The number of hydrogen-bond donors (Lipinski definition) is 4. The number of carbonyl (C=O) groups is 2. The third kappa shape index (κ3) is 7.36. The lowest BCUT2D eigenvalue weighted by Gasteiger charge is -2.21. The zero-order chi connectivity index (χ0) is 21.9. The van der Waals surface area contributed by atoms with Crippen LogP contribution in [0.25, 0.3) is 0 Å². The Morgan fingerprint density at radius 3 is 2.47 bits per heavy atom. The fourth-order valence-corrected chi connectivity index (χ4v) is 2.71. The molecule has 0 aliphatic carbocycles. The molecule has 0 saturated carbocycles. The van der Waals surface area contributed by atoms with Gasteiger partial charge in [-0.3, -0.25) is 14.8 Å². The number of ether oxygens (including phenoxy) is 3. The topological polar surface area (TPSA) is 126 Å². The van der Waals surface area contributed by atoms with Crippen LogP contribution in [0.5, 0.6) is 17.2 Å². The van der Waals surface area contributed by atoms with E-state index in [9.17, 15) is 14.7 Å². The normalized spacial score (nSPS) is 12.6.